The van der Waals surface area contributed by atoms with Crippen LogP contribution in [0.5, 0.6) is 0 Å². The maximum absolute atomic E-state index is 10.1. The van der Waals surface area contributed by atoms with Crippen LogP contribution in [0.25, 0.3) is 0 Å². The van der Waals surface area contributed by atoms with Crippen LogP contribution in [0.3, 0.4) is 0 Å². The molecule has 0 heterocycles. The van der Waals surface area contributed by atoms with Gasteiger partial charge in [-0.3, -0.25) is 0 Å². The van der Waals surface area contributed by atoms with Crippen LogP contribution in [-0.2, 0) is 9.59 Å². The lowest BCUT2D eigenvalue weighted by Crippen LogP contribution is -2.44. The second kappa shape index (κ2) is 6.93. The van der Waals surface area contributed by atoms with Gasteiger partial charge in [0.15, 0.2) is 0 Å². The third-order valence-corrected chi connectivity index (χ3v) is 3.66. The lowest BCUT2D eigenvalue weighted by molar-refractivity contribution is -0.308. The van der Waals surface area contributed by atoms with E-state index in [9.17, 15) is 19.8 Å². The van der Waals surface area contributed by atoms with Crippen molar-refractivity contribution in [2.75, 3.05) is 11.5 Å². The topological polar surface area (TPSA) is 132 Å². The molecule has 0 aliphatic carbocycles. The number of carboxylic acids is 2. The fourth-order valence-corrected chi connectivity index (χ4v) is 2.59. The van der Waals surface area contributed by atoms with Gasteiger partial charge < -0.3 is 31.3 Å². The van der Waals surface area contributed by atoms with Crippen LogP contribution in [0.1, 0.15) is 0 Å². The van der Waals surface area contributed by atoms with E-state index in [0.29, 0.717) is 0 Å². The Kier molecular flexibility index (Phi) is 6.71. The predicted octanol–water partition coefficient (Wildman–Crippen LogP) is -3.48. The van der Waals surface area contributed by atoms with Gasteiger partial charge in [-0.25, -0.2) is 0 Å². The summed E-state index contributed by atoms with van der Waals surface area (Å²) in [6.07, 6.45) is 0. The molecular weight excluding hydrogens is 228 g/mol. The molecule has 14 heavy (non-hydrogen) atoms. The zero-order chi connectivity index (χ0) is 11.1. The minimum atomic E-state index is -1.33. The first-order chi connectivity index (χ1) is 6.45. The zero-order valence-corrected chi connectivity index (χ0v) is 8.81. The maximum Gasteiger partial charge on any atom is 0.0590 e. The third-order valence-electron chi connectivity index (χ3n) is 1.18. The van der Waals surface area contributed by atoms with Crippen molar-refractivity contribution >= 4 is 33.5 Å². The van der Waals surface area contributed by atoms with E-state index in [4.69, 9.17) is 11.5 Å². The van der Waals surface area contributed by atoms with Crippen LogP contribution in [0, 0.1) is 0 Å². The summed E-state index contributed by atoms with van der Waals surface area (Å²) in [4.78, 5) is 20.3. The van der Waals surface area contributed by atoms with Crippen molar-refractivity contribution < 1.29 is 19.8 Å². The van der Waals surface area contributed by atoms with Crippen LogP contribution in [0.2, 0.25) is 0 Å². The van der Waals surface area contributed by atoms with Crippen molar-refractivity contribution in [3.8, 4) is 0 Å². The van der Waals surface area contributed by atoms with Gasteiger partial charge in [-0.2, -0.15) is 0 Å². The number of rotatable bonds is 7. The highest BCUT2D eigenvalue weighted by atomic mass is 33.1. The van der Waals surface area contributed by atoms with E-state index in [1.807, 2.05) is 0 Å². The van der Waals surface area contributed by atoms with Gasteiger partial charge in [-0.15, -0.1) is 0 Å². The number of hydrogen-bond donors (Lipinski definition) is 2. The normalized spacial score (nSPS) is 14.7. The summed E-state index contributed by atoms with van der Waals surface area (Å²) in [7, 11) is 2.27. The minimum Gasteiger partial charge on any atom is -0.548 e. The van der Waals surface area contributed by atoms with E-state index in [1.165, 1.54) is 0 Å². The molecule has 0 amide bonds. The first-order valence-electron chi connectivity index (χ1n) is 3.62. The largest absolute Gasteiger partial charge is 0.548 e. The van der Waals surface area contributed by atoms with Crippen molar-refractivity contribution in [1.29, 1.82) is 0 Å². The van der Waals surface area contributed by atoms with Crippen molar-refractivity contribution in [2.45, 2.75) is 12.1 Å². The molecule has 2 atom stereocenters. The lowest BCUT2D eigenvalue weighted by Gasteiger charge is -2.13. The highest BCUT2D eigenvalue weighted by molar-refractivity contribution is 8.76. The Hall–Kier alpha value is -0.440. The van der Waals surface area contributed by atoms with Crippen molar-refractivity contribution in [1.82, 2.24) is 0 Å². The molecule has 0 aliphatic heterocycles. The van der Waals surface area contributed by atoms with Crippen LogP contribution < -0.4 is 21.7 Å². The Morgan fingerprint density at radius 1 is 1.00 bits per heavy atom. The van der Waals surface area contributed by atoms with Crippen molar-refractivity contribution in [2.24, 2.45) is 11.5 Å². The Balaban J connectivity index is 3.47. The molecule has 4 N–H and O–H groups in total. The molecule has 0 radical (unpaired) electrons. The molecule has 6 nitrogen and oxygen atoms in total. The molecule has 0 aromatic carbocycles. The van der Waals surface area contributed by atoms with E-state index < -0.39 is 24.0 Å². The van der Waals surface area contributed by atoms with Gasteiger partial charge in [0.2, 0.25) is 0 Å². The number of carbonyl (C=O) groups is 2. The molecule has 0 spiro atoms. The van der Waals surface area contributed by atoms with Gasteiger partial charge in [-0.05, 0) is 0 Å². The molecule has 0 aromatic heterocycles. The molecule has 0 saturated heterocycles. The second-order valence-corrected chi connectivity index (χ2v) is 4.97. The van der Waals surface area contributed by atoms with Gasteiger partial charge in [0.25, 0.3) is 0 Å². The molecule has 2 unspecified atom stereocenters. The van der Waals surface area contributed by atoms with Gasteiger partial charge in [0.1, 0.15) is 0 Å². The maximum atomic E-state index is 10.1. The van der Waals surface area contributed by atoms with Crippen LogP contribution in [0.4, 0.5) is 0 Å². The zero-order valence-electron chi connectivity index (χ0n) is 7.17. The van der Waals surface area contributed by atoms with E-state index in [0.717, 1.165) is 21.6 Å². The SMILES string of the molecule is NC(CSSCC(N)C(=O)[O-])C(=O)[O-]. The Morgan fingerprint density at radius 3 is 1.50 bits per heavy atom. The Labute approximate surface area is 88.8 Å². The number of carbonyl (C=O) groups excluding carboxylic acids is 2. The predicted molar refractivity (Wildman–Crippen MR) is 50.9 cm³/mol. The quantitative estimate of drug-likeness (QED) is 0.345. The molecular formula is C6H10N2O4S2-2. The summed E-state index contributed by atoms with van der Waals surface area (Å²) in [6, 6.07) is -2.10. The molecule has 0 fully saturated rings. The van der Waals surface area contributed by atoms with Crippen molar-refractivity contribution in [3.05, 3.63) is 0 Å². The summed E-state index contributed by atoms with van der Waals surface area (Å²) in [6.45, 7) is 0. The fourth-order valence-electron chi connectivity index (χ4n) is 0.379. The van der Waals surface area contributed by atoms with Gasteiger partial charge >= 0.3 is 0 Å². The number of aliphatic carboxylic acids is 2. The highest BCUT2D eigenvalue weighted by Crippen LogP contribution is 2.21. The Bertz CT molecular complexity index is 192. The van der Waals surface area contributed by atoms with E-state index in [2.05, 4.69) is 0 Å². The van der Waals surface area contributed by atoms with Crippen LogP contribution in [-0.4, -0.2) is 35.5 Å². The summed E-state index contributed by atoms with van der Waals surface area (Å²) < 4.78 is 0. The molecule has 0 aliphatic rings. The minimum absolute atomic E-state index is 0.146. The average molecular weight is 238 g/mol. The van der Waals surface area contributed by atoms with Crippen LogP contribution >= 0.6 is 21.6 Å². The number of carboxylic acid groups (broad SMARTS) is 2. The van der Waals surface area contributed by atoms with Gasteiger partial charge in [0.05, 0.1) is 24.0 Å². The molecule has 0 rings (SSSR count). The summed E-state index contributed by atoms with van der Waals surface area (Å²) >= 11 is 0. The van der Waals surface area contributed by atoms with Gasteiger partial charge in [0, 0.05) is 11.5 Å². The molecule has 0 saturated carbocycles. The smallest absolute Gasteiger partial charge is 0.0590 e. The Morgan fingerprint density at radius 2 is 1.29 bits per heavy atom. The lowest BCUT2D eigenvalue weighted by atomic mass is 10.4. The first-order valence-corrected chi connectivity index (χ1v) is 6.11. The fraction of sp³-hybridized carbons (Fsp3) is 0.667. The molecule has 8 heteroatoms. The second-order valence-electron chi connectivity index (χ2n) is 2.42. The third kappa shape index (κ3) is 6.08. The summed E-state index contributed by atoms with van der Waals surface area (Å²) in [5, 5.41) is 20.3. The van der Waals surface area contributed by atoms with E-state index in [1.54, 1.807) is 0 Å². The number of nitrogens with two attached hydrogens (primary N) is 2. The summed E-state index contributed by atoms with van der Waals surface area (Å²) in [5.41, 5.74) is 10.3. The van der Waals surface area contributed by atoms with Crippen molar-refractivity contribution in [3.63, 3.8) is 0 Å². The summed E-state index contributed by atoms with van der Waals surface area (Å²) in [5.74, 6) is -2.37. The molecule has 0 bridgehead atoms. The van der Waals surface area contributed by atoms with E-state index in [-0.39, 0.29) is 11.5 Å². The molecule has 0 aromatic rings. The average Bonchev–Trinajstić information content (AvgIpc) is 2.11. The standard InChI is InChI=1S/C6H12N2O4S2/c7-3(5(9)10)1-13-14-2-4(8)6(11)12/h3-4H,1-2,7-8H2,(H,9,10)(H,11,12)/p-2. The monoisotopic (exact) mass is 238 g/mol. The highest BCUT2D eigenvalue weighted by Gasteiger charge is 2.06. The molecule has 82 valence electrons. The first kappa shape index (κ1) is 13.6. The van der Waals surface area contributed by atoms with Gasteiger partial charge in [-0.1, -0.05) is 21.6 Å². The van der Waals surface area contributed by atoms with Crippen LogP contribution in [0.15, 0.2) is 0 Å². The van der Waals surface area contributed by atoms with E-state index >= 15 is 0 Å². The number of hydrogen-bond acceptors (Lipinski definition) is 8.